The van der Waals surface area contributed by atoms with Crippen molar-refractivity contribution in [2.24, 2.45) is 11.3 Å². The van der Waals surface area contributed by atoms with Crippen LogP contribution in [-0.2, 0) is 0 Å². The normalized spacial score (nSPS) is 40.6. The van der Waals surface area contributed by atoms with Crippen LogP contribution in [0, 0.1) is 11.3 Å². The van der Waals surface area contributed by atoms with Gasteiger partial charge in [0.1, 0.15) is 4.33 Å². The lowest BCUT2D eigenvalue weighted by Crippen LogP contribution is -2.04. The average molecular weight is 218 g/mol. The van der Waals surface area contributed by atoms with Crippen molar-refractivity contribution in [3.8, 4) is 0 Å². The highest BCUT2D eigenvalue weighted by molar-refractivity contribution is 6.51. The Morgan fingerprint density at radius 1 is 1.45 bits per heavy atom. The maximum absolute atomic E-state index is 8.89. The quantitative estimate of drug-likeness (QED) is 0.720. The van der Waals surface area contributed by atoms with E-state index in [1.54, 1.807) is 0 Å². The van der Waals surface area contributed by atoms with E-state index in [1.807, 2.05) is 6.92 Å². The third kappa shape index (κ3) is 1.27. The van der Waals surface area contributed by atoms with Crippen molar-refractivity contribution in [1.82, 2.24) is 0 Å². The third-order valence-electron chi connectivity index (χ3n) is 2.68. The van der Waals surface area contributed by atoms with Gasteiger partial charge in [-0.05, 0) is 6.42 Å². The van der Waals surface area contributed by atoms with Crippen LogP contribution >= 0.6 is 34.8 Å². The van der Waals surface area contributed by atoms with Gasteiger partial charge < -0.3 is 5.11 Å². The predicted molar refractivity (Wildman–Crippen MR) is 48.5 cm³/mol. The minimum atomic E-state index is -0.767. The third-order valence-corrected chi connectivity index (χ3v) is 4.26. The molecule has 0 amide bonds. The highest BCUT2D eigenvalue weighted by Gasteiger charge is 2.71. The van der Waals surface area contributed by atoms with Crippen LogP contribution < -0.4 is 0 Å². The predicted octanol–water partition coefficient (Wildman–Crippen LogP) is 2.42. The Morgan fingerprint density at radius 2 is 2.00 bits per heavy atom. The maximum Gasteiger partial charge on any atom is 0.129 e. The van der Waals surface area contributed by atoms with Crippen molar-refractivity contribution >= 4 is 34.8 Å². The molecule has 1 saturated carbocycles. The molecule has 1 N–H and O–H groups in total. The van der Waals surface area contributed by atoms with Crippen LogP contribution in [-0.4, -0.2) is 21.9 Å². The van der Waals surface area contributed by atoms with Gasteiger partial charge >= 0.3 is 0 Å². The molecule has 0 heterocycles. The van der Waals surface area contributed by atoms with Gasteiger partial charge in [-0.3, -0.25) is 0 Å². The number of hydrogen-bond donors (Lipinski definition) is 1. The lowest BCUT2D eigenvalue weighted by atomic mass is 10.0. The lowest BCUT2D eigenvalue weighted by Gasteiger charge is -2.07. The number of aliphatic hydroxyl groups excluding tert-OH is 1. The first-order valence-corrected chi connectivity index (χ1v) is 4.84. The second kappa shape index (κ2) is 2.95. The summed E-state index contributed by atoms with van der Waals surface area (Å²) in [6.07, 6.45) is 0.757. The lowest BCUT2D eigenvalue weighted by molar-refractivity contribution is 0.252. The Bertz CT molecular complexity index is 160. The molecule has 1 fully saturated rings. The van der Waals surface area contributed by atoms with Gasteiger partial charge in [0.25, 0.3) is 0 Å². The summed E-state index contributed by atoms with van der Waals surface area (Å²) in [5, 5.41) is 8.89. The minimum absolute atomic E-state index is 0.0166. The first-order valence-electron chi connectivity index (χ1n) is 3.55. The Morgan fingerprint density at radius 3 is 2.27 bits per heavy atom. The van der Waals surface area contributed by atoms with Crippen molar-refractivity contribution in [3.63, 3.8) is 0 Å². The maximum atomic E-state index is 8.89. The van der Waals surface area contributed by atoms with Crippen molar-refractivity contribution < 1.29 is 5.11 Å². The highest BCUT2D eigenvalue weighted by Crippen LogP contribution is 2.70. The minimum Gasteiger partial charge on any atom is -0.396 e. The summed E-state index contributed by atoms with van der Waals surface area (Å²) >= 11 is 17.5. The molecule has 0 aromatic heterocycles. The molecule has 0 bridgehead atoms. The summed E-state index contributed by atoms with van der Waals surface area (Å²) in [6.45, 7) is 2.00. The SMILES string of the molecule is C[C@@]1(CCCl)[C@@H](CO)C1(Cl)Cl. The van der Waals surface area contributed by atoms with Gasteiger partial charge in [0.15, 0.2) is 0 Å². The van der Waals surface area contributed by atoms with Crippen LogP contribution in [0.1, 0.15) is 13.3 Å². The number of alkyl halides is 3. The number of aliphatic hydroxyl groups is 1. The van der Waals surface area contributed by atoms with E-state index in [4.69, 9.17) is 39.9 Å². The summed E-state index contributed by atoms with van der Waals surface area (Å²) < 4.78 is -0.767. The molecule has 0 aliphatic heterocycles. The van der Waals surface area contributed by atoms with E-state index < -0.39 is 4.33 Å². The summed E-state index contributed by atoms with van der Waals surface area (Å²) in [4.78, 5) is 0. The van der Waals surface area contributed by atoms with Gasteiger partial charge in [-0.15, -0.1) is 34.8 Å². The van der Waals surface area contributed by atoms with Crippen molar-refractivity contribution in [1.29, 1.82) is 0 Å². The molecule has 1 aliphatic carbocycles. The molecule has 11 heavy (non-hydrogen) atoms. The van der Waals surface area contributed by atoms with E-state index in [-0.39, 0.29) is 17.9 Å². The molecule has 1 aliphatic rings. The fraction of sp³-hybridized carbons (Fsp3) is 1.00. The first-order chi connectivity index (χ1) is 5.00. The van der Waals surface area contributed by atoms with E-state index in [0.717, 1.165) is 6.42 Å². The molecule has 0 radical (unpaired) electrons. The summed E-state index contributed by atoms with van der Waals surface area (Å²) in [7, 11) is 0. The van der Waals surface area contributed by atoms with Crippen LogP contribution in [0.4, 0.5) is 0 Å². The average Bonchev–Trinajstić information content (AvgIpc) is 2.28. The molecule has 4 heteroatoms. The van der Waals surface area contributed by atoms with Crippen LogP contribution in [0.25, 0.3) is 0 Å². The second-order valence-electron chi connectivity index (χ2n) is 3.21. The molecule has 0 aromatic carbocycles. The van der Waals surface area contributed by atoms with Crippen molar-refractivity contribution in [2.75, 3.05) is 12.5 Å². The van der Waals surface area contributed by atoms with Gasteiger partial charge in [-0.1, -0.05) is 6.92 Å². The van der Waals surface area contributed by atoms with E-state index in [0.29, 0.717) is 5.88 Å². The van der Waals surface area contributed by atoms with Gasteiger partial charge in [-0.25, -0.2) is 0 Å². The van der Waals surface area contributed by atoms with E-state index in [1.165, 1.54) is 0 Å². The molecule has 0 spiro atoms. The van der Waals surface area contributed by atoms with E-state index in [9.17, 15) is 0 Å². The highest BCUT2D eigenvalue weighted by atomic mass is 35.5. The molecule has 0 aromatic rings. The second-order valence-corrected chi connectivity index (χ2v) is 4.98. The molecular weight excluding hydrogens is 206 g/mol. The zero-order chi connectivity index (χ0) is 8.70. The van der Waals surface area contributed by atoms with Crippen LogP contribution in [0.5, 0.6) is 0 Å². The summed E-state index contributed by atoms with van der Waals surface area (Å²) in [5.74, 6) is 0.519. The molecule has 66 valence electrons. The molecule has 1 rings (SSSR count). The Labute approximate surface area is 81.6 Å². The number of rotatable bonds is 3. The van der Waals surface area contributed by atoms with E-state index >= 15 is 0 Å². The van der Waals surface area contributed by atoms with Crippen molar-refractivity contribution in [3.05, 3.63) is 0 Å². The molecular formula is C7H11Cl3O. The first kappa shape index (κ1) is 9.91. The van der Waals surface area contributed by atoms with E-state index in [2.05, 4.69) is 0 Å². The molecule has 1 nitrogen and oxygen atoms in total. The van der Waals surface area contributed by atoms with Crippen molar-refractivity contribution in [2.45, 2.75) is 17.7 Å². The van der Waals surface area contributed by atoms with Crippen LogP contribution in [0.3, 0.4) is 0 Å². The Kier molecular flexibility index (Phi) is 2.66. The molecule has 0 unspecified atom stereocenters. The monoisotopic (exact) mass is 216 g/mol. The largest absolute Gasteiger partial charge is 0.396 e. The summed E-state index contributed by atoms with van der Waals surface area (Å²) in [5.41, 5.74) is -0.188. The fourth-order valence-electron chi connectivity index (χ4n) is 1.53. The smallest absolute Gasteiger partial charge is 0.129 e. The number of halogens is 3. The van der Waals surface area contributed by atoms with Gasteiger partial charge in [0.05, 0.1) is 0 Å². The van der Waals surface area contributed by atoms with Gasteiger partial charge in [-0.2, -0.15) is 0 Å². The standard InChI is InChI=1S/C7H11Cl3O/c1-6(2-3-8)5(4-11)7(6,9)10/h5,11H,2-4H2,1H3/t5-,6-/m1/s1. The van der Waals surface area contributed by atoms with Gasteiger partial charge in [0, 0.05) is 23.8 Å². The Balaban J connectivity index is 2.61. The zero-order valence-corrected chi connectivity index (χ0v) is 8.55. The van der Waals surface area contributed by atoms with Gasteiger partial charge in [0.2, 0.25) is 0 Å². The Hall–Kier alpha value is 0.830. The topological polar surface area (TPSA) is 20.2 Å². The molecule has 0 saturated heterocycles. The summed E-state index contributed by atoms with van der Waals surface area (Å²) in [6, 6.07) is 0. The molecule has 2 atom stereocenters. The van der Waals surface area contributed by atoms with Crippen LogP contribution in [0.2, 0.25) is 0 Å². The van der Waals surface area contributed by atoms with Crippen LogP contribution in [0.15, 0.2) is 0 Å². The fourth-order valence-corrected chi connectivity index (χ4v) is 2.88. The zero-order valence-electron chi connectivity index (χ0n) is 6.28. The number of hydrogen-bond acceptors (Lipinski definition) is 1.